The number of halogens is 4. The summed E-state index contributed by atoms with van der Waals surface area (Å²) >= 11 is 3.24. The Kier molecular flexibility index (Phi) is 5.44. The molecule has 5 nitrogen and oxygen atoms in total. The lowest BCUT2D eigenvalue weighted by atomic mass is 9.86. The number of ether oxygens (including phenoxy) is 1. The van der Waals surface area contributed by atoms with Crippen LogP contribution in [0.3, 0.4) is 0 Å². The molecule has 1 heterocycles. The molecule has 1 aromatic heterocycles. The second-order valence-corrected chi connectivity index (χ2v) is 8.11. The van der Waals surface area contributed by atoms with E-state index in [1.54, 1.807) is 12.1 Å². The molecule has 0 spiro atoms. The minimum Gasteiger partial charge on any atom is -0.388 e. The lowest BCUT2D eigenvalue weighted by molar-refractivity contribution is 0.208. The summed E-state index contributed by atoms with van der Waals surface area (Å²) < 4.78 is 48.8. The zero-order chi connectivity index (χ0) is 21.5. The molecule has 3 rings (SSSR count). The summed E-state index contributed by atoms with van der Waals surface area (Å²) in [4.78, 5) is 11.2. The Balaban J connectivity index is 2.32. The predicted molar refractivity (Wildman–Crippen MR) is 105 cm³/mol. The third-order valence-corrected chi connectivity index (χ3v) is 4.92. The van der Waals surface area contributed by atoms with Crippen molar-refractivity contribution in [1.82, 2.24) is 9.78 Å². The third-order valence-electron chi connectivity index (χ3n) is 4.20. The first-order valence-corrected chi connectivity index (χ1v) is 9.30. The minimum absolute atomic E-state index is 0.0391. The van der Waals surface area contributed by atoms with Crippen molar-refractivity contribution in [2.24, 2.45) is 5.73 Å². The van der Waals surface area contributed by atoms with Crippen LogP contribution < -0.4 is 10.5 Å². The van der Waals surface area contributed by atoms with Crippen LogP contribution in [-0.4, -0.2) is 15.9 Å². The highest BCUT2D eigenvalue weighted by atomic mass is 79.9. The van der Waals surface area contributed by atoms with Crippen molar-refractivity contribution in [2.45, 2.75) is 26.2 Å². The van der Waals surface area contributed by atoms with Crippen LogP contribution >= 0.6 is 15.9 Å². The molecular weight excluding hydrogens is 451 g/mol. The number of primary amides is 1. The van der Waals surface area contributed by atoms with Crippen molar-refractivity contribution in [3.63, 3.8) is 0 Å². The number of nitrogens with zero attached hydrogens (tertiary/aromatic N) is 2. The van der Waals surface area contributed by atoms with E-state index in [0.29, 0.717) is 5.56 Å². The Morgan fingerprint density at radius 2 is 1.83 bits per heavy atom. The fourth-order valence-electron chi connectivity index (χ4n) is 2.87. The maximum Gasteiger partial charge on any atom is 0.411 e. The highest BCUT2D eigenvalue weighted by Crippen LogP contribution is 2.39. The fourth-order valence-corrected chi connectivity index (χ4v) is 3.43. The van der Waals surface area contributed by atoms with Crippen LogP contribution in [0.25, 0.3) is 16.9 Å². The van der Waals surface area contributed by atoms with Gasteiger partial charge in [-0.3, -0.25) is 0 Å². The monoisotopic (exact) mass is 467 g/mol. The summed E-state index contributed by atoms with van der Waals surface area (Å²) in [5.74, 6) is -2.92. The van der Waals surface area contributed by atoms with Gasteiger partial charge >= 0.3 is 6.09 Å². The Morgan fingerprint density at radius 1 is 1.14 bits per heavy atom. The Morgan fingerprint density at radius 3 is 2.41 bits per heavy atom. The average Bonchev–Trinajstić information content (AvgIpc) is 2.92. The second-order valence-electron chi connectivity index (χ2n) is 7.32. The number of carbonyl (C=O) groups excluding carboxylic acids is 1. The molecule has 0 aliphatic carbocycles. The number of aromatic nitrogens is 2. The predicted octanol–water partition coefficient (Wildman–Crippen LogP) is 5.47. The van der Waals surface area contributed by atoms with Crippen LogP contribution in [0.4, 0.5) is 18.0 Å². The maximum absolute atomic E-state index is 15.4. The van der Waals surface area contributed by atoms with Crippen LogP contribution in [0.5, 0.6) is 5.88 Å². The molecular formula is C20H17BrF3N3O2. The molecule has 0 atom stereocenters. The first-order valence-electron chi connectivity index (χ1n) is 8.51. The van der Waals surface area contributed by atoms with Crippen molar-refractivity contribution < 1.29 is 22.7 Å². The number of benzene rings is 2. The SMILES string of the molecule is CC(C)(C)c1cccc(-n2nc(OC(N)=O)c(Br)c2-c2ccc(F)c(F)c2)c1F. The molecule has 0 aliphatic heterocycles. The van der Waals surface area contributed by atoms with E-state index in [1.165, 1.54) is 12.1 Å². The first-order chi connectivity index (χ1) is 13.5. The van der Waals surface area contributed by atoms with Crippen molar-refractivity contribution in [3.05, 3.63) is 63.9 Å². The van der Waals surface area contributed by atoms with Gasteiger partial charge in [-0.15, -0.1) is 5.10 Å². The van der Waals surface area contributed by atoms with Gasteiger partial charge in [-0.1, -0.05) is 32.9 Å². The molecule has 2 N–H and O–H groups in total. The van der Waals surface area contributed by atoms with Gasteiger partial charge in [-0.05, 0) is 51.2 Å². The molecule has 9 heteroatoms. The zero-order valence-corrected chi connectivity index (χ0v) is 17.4. The van der Waals surface area contributed by atoms with E-state index in [0.717, 1.165) is 16.8 Å². The van der Waals surface area contributed by atoms with Crippen LogP contribution in [-0.2, 0) is 5.41 Å². The molecule has 0 saturated carbocycles. The molecule has 0 bridgehead atoms. The molecule has 152 valence electrons. The summed E-state index contributed by atoms with van der Waals surface area (Å²) in [5, 5.41) is 4.12. The van der Waals surface area contributed by atoms with Gasteiger partial charge in [0.05, 0.1) is 5.69 Å². The Hall–Kier alpha value is -2.81. The van der Waals surface area contributed by atoms with Gasteiger partial charge in [0.2, 0.25) is 0 Å². The average molecular weight is 468 g/mol. The van der Waals surface area contributed by atoms with Crippen molar-refractivity contribution >= 4 is 22.0 Å². The van der Waals surface area contributed by atoms with E-state index in [-0.39, 0.29) is 27.3 Å². The topological polar surface area (TPSA) is 70.1 Å². The fraction of sp³-hybridized carbons (Fsp3) is 0.200. The van der Waals surface area contributed by atoms with Crippen LogP contribution in [0.2, 0.25) is 0 Å². The summed E-state index contributed by atoms with van der Waals surface area (Å²) in [6.07, 6.45) is -1.13. The standard InChI is InChI=1S/C20H17BrF3N3O2/c1-20(2,3)11-5-4-6-14(16(11)24)27-17(10-7-8-12(22)13(23)9-10)15(21)18(26-27)29-19(25)28/h4-9H,1-3H3,(H2,25,28). The molecule has 3 aromatic rings. The van der Waals surface area contributed by atoms with E-state index >= 15 is 4.39 Å². The molecule has 1 amide bonds. The highest BCUT2D eigenvalue weighted by molar-refractivity contribution is 9.10. The zero-order valence-electron chi connectivity index (χ0n) is 15.8. The number of carbonyl (C=O) groups is 1. The van der Waals surface area contributed by atoms with E-state index < -0.39 is 29.0 Å². The van der Waals surface area contributed by atoms with E-state index in [4.69, 9.17) is 10.5 Å². The van der Waals surface area contributed by atoms with Crippen LogP contribution in [0, 0.1) is 17.5 Å². The molecule has 0 unspecified atom stereocenters. The Labute approximate surface area is 173 Å². The summed E-state index contributed by atoms with van der Waals surface area (Å²) in [6, 6.07) is 7.95. The van der Waals surface area contributed by atoms with Crippen molar-refractivity contribution in [3.8, 4) is 22.8 Å². The maximum atomic E-state index is 15.4. The quantitative estimate of drug-likeness (QED) is 0.554. The number of nitrogens with two attached hydrogens (primary N) is 1. The smallest absolute Gasteiger partial charge is 0.388 e. The summed E-state index contributed by atoms with van der Waals surface area (Å²) in [7, 11) is 0. The largest absolute Gasteiger partial charge is 0.411 e. The van der Waals surface area contributed by atoms with Gasteiger partial charge in [0.15, 0.2) is 17.5 Å². The first kappa shape index (κ1) is 20.9. The van der Waals surface area contributed by atoms with E-state index in [1.807, 2.05) is 20.8 Å². The summed E-state index contributed by atoms with van der Waals surface area (Å²) in [5.41, 5.74) is 5.38. The highest BCUT2D eigenvalue weighted by Gasteiger charge is 2.26. The van der Waals surface area contributed by atoms with Gasteiger partial charge in [-0.25, -0.2) is 22.6 Å². The lowest BCUT2D eigenvalue weighted by Gasteiger charge is -2.21. The van der Waals surface area contributed by atoms with Gasteiger partial charge in [-0.2, -0.15) is 0 Å². The van der Waals surface area contributed by atoms with Crippen LogP contribution in [0.1, 0.15) is 26.3 Å². The van der Waals surface area contributed by atoms with E-state index in [2.05, 4.69) is 21.0 Å². The molecule has 0 saturated heterocycles. The summed E-state index contributed by atoms with van der Waals surface area (Å²) in [6.45, 7) is 5.56. The molecule has 2 aromatic carbocycles. The molecule has 0 fully saturated rings. The minimum atomic E-state index is -1.13. The molecule has 0 aliphatic rings. The third kappa shape index (κ3) is 4.00. The number of hydrogen-bond acceptors (Lipinski definition) is 3. The number of hydrogen-bond donors (Lipinski definition) is 1. The lowest BCUT2D eigenvalue weighted by Crippen LogP contribution is -2.17. The van der Waals surface area contributed by atoms with Gasteiger partial charge in [0.25, 0.3) is 5.88 Å². The molecule has 0 radical (unpaired) electrons. The number of amides is 1. The second kappa shape index (κ2) is 7.55. The normalized spacial score (nSPS) is 11.6. The van der Waals surface area contributed by atoms with Gasteiger partial charge < -0.3 is 10.5 Å². The van der Waals surface area contributed by atoms with Gasteiger partial charge in [0, 0.05) is 5.56 Å². The van der Waals surface area contributed by atoms with Crippen LogP contribution in [0.15, 0.2) is 40.9 Å². The van der Waals surface area contributed by atoms with Gasteiger partial charge in [0.1, 0.15) is 10.2 Å². The van der Waals surface area contributed by atoms with E-state index in [9.17, 15) is 13.6 Å². The Bertz CT molecular complexity index is 1110. The molecule has 29 heavy (non-hydrogen) atoms. The number of rotatable bonds is 3. The van der Waals surface area contributed by atoms with Crippen molar-refractivity contribution in [1.29, 1.82) is 0 Å². The van der Waals surface area contributed by atoms with Crippen molar-refractivity contribution in [2.75, 3.05) is 0 Å².